The molecule has 0 N–H and O–H groups in total. The molecule has 0 aromatic carbocycles. The van der Waals surface area contributed by atoms with Gasteiger partial charge in [0.15, 0.2) is 0 Å². The summed E-state index contributed by atoms with van der Waals surface area (Å²) in [6.07, 6.45) is 7.49. The van der Waals surface area contributed by atoms with Gasteiger partial charge in [-0.3, -0.25) is 4.68 Å². The van der Waals surface area contributed by atoms with E-state index in [9.17, 15) is 4.79 Å². The quantitative estimate of drug-likeness (QED) is 0.853. The van der Waals surface area contributed by atoms with E-state index in [1.54, 1.807) is 0 Å². The van der Waals surface area contributed by atoms with Gasteiger partial charge >= 0.3 is 6.09 Å². The lowest BCUT2D eigenvalue weighted by Gasteiger charge is -2.37. The van der Waals surface area contributed by atoms with Crippen molar-refractivity contribution in [2.24, 2.45) is 7.05 Å². The van der Waals surface area contributed by atoms with Gasteiger partial charge in [0, 0.05) is 44.0 Å². The highest BCUT2D eigenvalue weighted by molar-refractivity contribution is 5.67. The molecule has 0 bridgehead atoms. The van der Waals surface area contributed by atoms with Gasteiger partial charge in [-0.25, -0.2) is 4.79 Å². The number of aromatic nitrogens is 2. The molecule has 3 heterocycles. The molecule has 2 fully saturated rings. The molecule has 2 saturated heterocycles. The fraction of sp³-hybridized carbons (Fsp3) is 0.778. The van der Waals surface area contributed by atoms with Crippen molar-refractivity contribution in [3.8, 4) is 0 Å². The van der Waals surface area contributed by atoms with E-state index in [2.05, 4.69) is 16.1 Å². The molecular weight excluding hydrogens is 304 g/mol. The van der Waals surface area contributed by atoms with Crippen molar-refractivity contribution in [3.63, 3.8) is 0 Å². The van der Waals surface area contributed by atoms with Crippen LogP contribution in [-0.4, -0.2) is 64.5 Å². The number of piperidine rings is 1. The Morgan fingerprint density at radius 2 is 2.00 bits per heavy atom. The van der Waals surface area contributed by atoms with E-state index in [0.29, 0.717) is 18.6 Å². The Hall–Kier alpha value is -1.56. The van der Waals surface area contributed by atoms with E-state index in [4.69, 9.17) is 4.74 Å². The molecule has 1 amide bonds. The van der Waals surface area contributed by atoms with Crippen molar-refractivity contribution in [3.05, 3.63) is 18.0 Å². The van der Waals surface area contributed by atoms with Crippen molar-refractivity contribution >= 4 is 6.09 Å². The second-order valence-electron chi connectivity index (χ2n) is 6.96. The van der Waals surface area contributed by atoms with E-state index in [1.165, 1.54) is 25.0 Å². The molecule has 2 aliphatic heterocycles. The van der Waals surface area contributed by atoms with E-state index < -0.39 is 0 Å². The Bertz CT molecular complexity index is 537. The maximum atomic E-state index is 11.9. The second kappa shape index (κ2) is 8.01. The highest BCUT2D eigenvalue weighted by Crippen LogP contribution is 2.30. The maximum absolute atomic E-state index is 11.9. The fourth-order valence-electron chi connectivity index (χ4n) is 4.19. The summed E-state index contributed by atoms with van der Waals surface area (Å²) in [7, 11) is 2.04. The molecule has 24 heavy (non-hydrogen) atoms. The van der Waals surface area contributed by atoms with Gasteiger partial charge in [-0.15, -0.1) is 0 Å². The first-order valence-electron chi connectivity index (χ1n) is 9.32. The first-order valence-corrected chi connectivity index (χ1v) is 9.32. The van der Waals surface area contributed by atoms with Crippen molar-refractivity contribution < 1.29 is 9.53 Å². The van der Waals surface area contributed by atoms with E-state index in [1.807, 2.05) is 29.7 Å². The van der Waals surface area contributed by atoms with Crippen LogP contribution in [0.3, 0.4) is 0 Å². The SMILES string of the molecule is CCOC(=O)N1CCCC(N2CCC(c3ccnn3C)CC2)CC1. The van der Waals surface area contributed by atoms with E-state index >= 15 is 0 Å². The molecule has 1 unspecified atom stereocenters. The summed E-state index contributed by atoms with van der Waals surface area (Å²) in [6.45, 7) is 6.29. The lowest BCUT2D eigenvalue weighted by Crippen LogP contribution is -2.42. The summed E-state index contributed by atoms with van der Waals surface area (Å²) in [5.41, 5.74) is 1.36. The molecule has 6 heteroatoms. The van der Waals surface area contributed by atoms with Crippen LogP contribution >= 0.6 is 0 Å². The molecule has 0 aliphatic carbocycles. The van der Waals surface area contributed by atoms with Crippen LogP contribution < -0.4 is 0 Å². The van der Waals surface area contributed by atoms with E-state index in [0.717, 1.165) is 39.0 Å². The number of rotatable bonds is 3. The van der Waals surface area contributed by atoms with Crippen LogP contribution in [0, 0.1) is 0 Å². The predicted octanol–water partition coefficient (Wildman–Crippen LogP) is 2.61. The van der Waals surface area contributed by atoms with Crippen LogP contribution in [0.5, 0.6) is 0 Å². The molecule has 6 nitrogen and oxygen atoms in total. The number of aryl methyl sites for hydroxylation is 1. The van der Waals surface area contributed by atoms with E-state index in [-0.39, 0.29) is 6.09 Å². The Morgan fingerprint density at radius 1 is 1.21 bits per heavy atom. The first-order chi connectivity index (χ1) is 11.7. The monoisotopic (exact) mass is 334 g/mol. The number of carbonyl (C=O) groups excluding carboxylic acids is 1. The zero-order valence-electron chi connectivity index (χ0n) is 15.0. The number of likely N-dealkylation sites (tertiary alicyclic amines) is 2. The minimum atomic E-state index is -0.145. The van der Waals surface area contributed by atoms with Crippen LogP contribution in [0.1, 0.15) is 50.6 Å². The molecule has 0 saturated carbocycles. The lowest BCUT2D eigenvalue weighted by molar-refractivity contribution is 0.105. The molecule has 3 rings (SSSR count). The number of ether oxygens (including phenoxy) is 1. The number of nitrogens with zero attached hydrogens (tertiary/aromatic N) is 4. The highest BCUT2D eigenvalue weighted by atomic mass is 16.6. The largest absolute Gasteiger partial charge is 0.450 e. The molecule has 1 atom stereocenters. The fourth-order valence-corrected chi connectivity index (χ4v) is 4.19. The molecule has 1 aromatic heterocycles. The third-order valence-corrected chi connectivity index (χ3v) is 5.55. The third-order valence-electron chi connectivity index (χ3n) is 5.55. The summed E-state index contributed by atoms with van der Waals surface area (Å²) >= 11 is 0. The van der Waals surface area contributed by atoms with Crippen molar-refractivity contribution in [1.82, 2.24) is 19.6 Å². The molecule has 134 valence electrons. The standard InChI is InChI=1S/C18H30N4O2/c1-3-24-18(23)22-11-4-5-16(9-14-22)21-12-7-15(8-13-21)17-6-10-19-20(17)2/h6,10,15-16H,3-5,7-9,11-14H2,1-2H3. The topological polar surface area (TPSA) is 50.6 Å². The molecule has 0 radical (unpaired) electrons. The first kappa shape index (κ1) is 17.3. The van der Waals surface area contributed by atoms with Gasteiger partial charge in [0.25, 0.3) is 0 Å². The summed E-state index contributed by atoms with van der Waals surface area (Å²) in [5.74, 6) is 0.635. The Balaban J connectivity index is 1.50. The summed E-state index contributed by atoms with van der Waals surface area (Å²) in [5, 5.41) is 4.31. The van der Waals surface area contributed by atoms with Crippen LogP contribution in [0.4, 0.5) is 4.79 Å². The zero-order valence-corrected chi connectivity index (χ0v) is 15.0. The Labute approximate surface area is 144 Å². The van der Waals surface area contributed by atoms with Gasteiger partial charge in [0.05, 0.1) is 6.61 Å². The average molecular weight is 334 g/mol. The summed E-state index contributed by atoms with van der Waals surface area (Å²) in [4.78, 5) is 16.4. The summed E-state index contributed by atoms with van der Waals surface area (Å²) < 4.78 is 7.17. The minimum absolute atomic E-state index is 0.145. The van der Waals surface area contributed by atoms with Gasteiger partial charge in [-0.2, -0.15) is 5.10 Å². The van der Waals surface area contributed by atoms with Crippen LogP contribution in [0.2, 0.25) is 0 Å². The third kappa shape index (κ3) is 3.91. The molecule has 0 spiro atoms. The van der Waals surface area contributed by atoms with Gasteiger partial charge in [0.2, 0.25) is 0 Å². The maximum Gasteiger partial charge on any atom is 0.409 e. The zero-order chi connectivity index (χ0) is 16.9. The van der Waals surface area contributed by atoms with Gasteiger partial charge in [0.1, 0.15) is 0 Å². The minimum Gasteiger partial charge on any atom is -0.450 e. The van der Waals surface area contributed by atoms with Crippen molar-refractivity contribution in [1.29, 1.82) is 0 Å². The number of amides is 1. The molecule has 1 aromatic rings. The summed E-state index contributed by atoms with van der Waals surface area (Å²) in [6, 6.07) is 2.76. The van der Waals surface area contributed by atoms with Gasteiger partial charge in [-0.1, -0.05) is 0 Å². The number of hydrogen-bond donors (Lipinski definition) is 0. The lowest BCUT2D eigenvalue weighted by atomic mass is 9.91. The van der Waals surface area contributed by atoms with Gasteiger partial charge in [-0.05, 0) is 58.2 Å². The average Bonchev–Trinajstić information content (AvgIpc) is 2.87. The van der Waals surface area contributed by atoms with Crippen LogP contribution in [0.15, 0.2) is 12.3 Å². The smallest absolute Gasteiger partial charge is 0.409 e. The van der Waals surface area contributed by atoms with Crippen LogP contribution in [-0.2, 0) is 11.8 Å². The normalized spacial score (nSPS) is 23.9. The molecular formula is C18H30N4O2. The van der Waals surface area contributed by atoms with Crippen molar-refractivity contribution in [2.45, 2.75) is 51.0 Å². The number of carbonyl (C=O) groups is 1. The van der Waals surface area contributed by atoms with Crippen LogP contribution in [0.25, 0.3) is 0 Å². The highest BCUT2D eigenvalue weighted by Gasteiger charge is 2.29. The second-order valence-corrected chi connectivity index (χ2v) is 6.96. The van der Waals surface area contributed by atoms with Crippen molar-refractivity contribution in [2.75, 3.05) is 32.8 Å². The predicted molar refractivity (Wildman–Crippen MR) is 93.0 cm³/mol. The Kier molecular flexibility index (Phi) is 5.76. The van der Waals surface area contributed by atoms with Gasteiger partial charge < -0.3 is 14.5 Å². The number of hydrogen-bond acceptors (Lipinski definition) is 4. The molecule has 2 aliphatic rings. The Morgan fingerprint density at radius 3 is 2.67 bits per heavy atom.